The minimum Gasteiger partial charge on any atom is -0.383 e. The Kier molecular flexibility index (Phi) is 4.97. The van der Waals surface area contributed by atoms with Gasteiger partial charge in [0, 0.05) is 25.3 Å². The molecule has 0 unspecified atom stereocenters. The number of ether oxygens (including phenoxy) is 1. The highest BCUT2D eigenvalue weighted by Gasteiger charge is 2.33. The van der Waals surface area contributed by atoms with E-state index in [-0.39, 0.29) is 16.8 Å². The Bertz CT molecular complexity index is 611. The summed E-state index contributed by atoms with van der Waals surface area (Å²) in [5, 5.41) is 0. The van der Waals surface area contributed by atoms with Gasteiger partial charge < -0.3 is 9.64 Å². The molecule has 1 saturated carbocycles. The molecule has 1 aromatic carbocycles. The van der Waals surface area contributed by atoms with Gasteiger partial charge in [-0.3, -0.25) is 4.79 Å². The van der Waals surface area contributed by atoms with Crippen LogP contribution in [0.1, 0.15) is 23.2 Å². The summed E-state index contributed by atoms with van der Waals surface area (Å²) in [5.74, 6) is -0.150. The van der Waals surface area contributed by atoms with Crippen molar-refractivity contribution in [3.8, 4) is 0 Å². The number of carbonyl (C=O) groups excluding carboxylic acids is 1. The SMILES string of the molecule is CNS(=O)(=O)c1cccc(C(=O)N(CCOC)C2CC2)c1. The molecule has 1 aliphatic carbocycles. The maximum atomic E-state index is 12.6. The van der Waals surface area contributed by atoms with E-state index in [0.717, 1.165) is 12.8 Å². The van der Waals surface area contributed by atoms with Crippen molar-refractivity contribution in [2.24, 2.45) is 0 Å². The normalized spacial score (nSPS) is 15.0. The van der Waals surface area contributed by atoms with E-state index >= 15 is 0 Å². The number of hydrogen-bond donors (Lipinski definition) is 1. The Labute approximate surface area is 125 Å². The lowest BCUT2D eigenvalue weighted by Gasteiger charge is -2.22. The molecular formula is C14H20N2O4S. The van der Waals surface area contributed by atoms with Crippen LogP contribution in [0.15, 0.2) is 29.2 Å². The number of nitrogens with one attached hydrogen (secondary N) is 1. The molecule has 1 fully saturated rings. The Balaban J connectivity index is 2.24. The topological polar surface area (TPSA) is 75.7 Å². The third-order valence-corrected chi connectivity index (χ3v) is 4.86. The van der Waals surface area contributed by atoms with E-state index in [2.05, 4.69) is 4.72 Å². The van der Waals surface area contributed by atoms with E-state index in [4.69, 9.17) is 4.74 Å². The molecule has 6 nitrogen and oxygen atoms in total. The number of hydrogen-bond acceptors (Lipinski definition) is 4. The summed E-state index contributed by atoms with van der Waals surface area (Å²) >= 11 is 0. The zero-order chi connectivity index (χ0) is 15.5. The summed E-state index contributed by atoms with van der Waals surface area (Å²) in [4.78, 5) is 14.4. The number of methoxy groups -OCH3 is 1. The van der Waals surface area contributed by atoms with Crippen LogP contribution in [0.2, 0.25) is 0 Å². The standard InChI is InChI=1S/C14H20N2O4S/c1-15-21(18,19)13-5-3-4-11(10-13)14(17)16(8-9-20-2)12-6-7-12/h3-5,10,12,15H,6-9H2,1-2H3. The molecule has 1 aliphatic rings. The van der Waals surface area contributed by atoms with Crippen LogP contribution in [0.5, 0.6) is 0 Å². The van der Waals surface area contributed by atoms with Crippen LogP contribution >= 0.6 is 0 Å². The van der Waals surface area contributed by atoms with Gasteiger partial charge >= 0.3 is 0 Å². The molecule has 21 heavy (non-hydrogen) atoms. The van der Waals surface area contributed by atoms with Gasteiger partial charge in [-0.25, -0.2) is 13.1 Å². The molecule has 0 bridgehead atoms. The number of rotatable bonds is 7. The lowest BCUT2D eigenvalue weighted by Crippen LogP contribution is -2.36. The average Bonchev–Trinajstić information content (AvgIpc) is 3.32. The lowest BCUT2D eigenvalue weighted by molar-refractivity contribution is 0.0680. The van der Waals surface area contributed by atoms with E-state index < -0.39 is 10.0 Å². The van der Waals surface area contributed by atoms with Crippen molar-refractivity contribution in [2.75, 3.05) is 27.3 Å². The molecule has 0 atom stereocenters. The number of sulfonamides is 1. The second-order valence-electron chi connectivity index (χ2n) is 4.96. The Hall–Kier alpha value is -1.44. The smallest absolute Gasteiger partial charge is 0.254 e. The van der Waals surface area contributed by atoms with Gasteiger partial charge in [-0.2, -0.15) is 0 Å². The van der Waals surface area contributed by atoms with Crippen molar-refractivity contribution >= 4 is 15.9 Å². The van der Waals surface area contributed by atoms with E-state index in [0.29, 0.717) is 18.7 Å². The van der Waals surface area contributed by atoms with Gasteiger partial charge in [0.25, 0.3) is 5.91 Å². The second-order valence-corrected chi connectivity index (χ2v) is 6.84. The van der Waals surface area contributed by atoms with Gasteiger partial charge in [0.1, 0.15) is 0 Å². The minimum atomic E-state index is -3.55. The molecule has 0 heterocycles. The van der Waals surface area contributed by atoms with Crippen LogP contribution in [-0.2, 0) is 14.8 Å². The molecule has 2 rings (SSSR count). The van der Waals surface area contributed by atoms with Gasteiger partial charge in [0.2, 0.25) is 10.0 Å². The molecule has 1 aromatic rings. The van der Waals surface area contributed by atoms with Crippen LogP contribution in [-0.4, -0.2) is 52.6 Å². The van der Waals surface area contributed by atoms with Crippen molar-refractivity contribution in [3.63, 3.8) is 0 Å². The van der Waals surface area contributed by atoms with E-state index in [1.807, 2.05) is 0 Å². The third-order valence-electron chi connectivity index (χ3n) is 3.44. The first kappa shape index (κ1) is 15.9. The van der Waals surface area contributed by atoms with Crippen LogP contribution in [0.4, 0.5) is 0 Å². The monoisotopic (exact) mass is 312 g/mol. The first-order chi connectivity index (χ1) is 9.99. The molecule has 0 aromatic heterocycles. The van der Waals surface area contributed by atoms with Crippen molar-refractivity contribution < 1.29 is 17.9 Å². The van der Waals surface area contributed by atoms with E-state index in [1.165, 1.54) is 19.2 Å². The predicted molar refractivity (Wildman–Crippen MR) is 78.6 cm³/mol. The fourth-order valence-corrected chi connectivity index (χ4v) is 2.88. The molecule has 0 spiro atoms. The van der Waals surface area contributed by atoms with Gasteiger partial charge in [-0.05, 0) is 38.1 Å². The summed E-state index contributed by atoms with van der Waals surface area (Å²) < 4.78 is 30.9. The third kappa shape index (κ3) is 3.81. The first-order valence-corrected chi connectivity index (χ1v) is 8.31. The molecule has 1 amide bonds. The van der Waals surface area contributed by atoms with E-state index in [9.17, 15) is 13.2 Å². The molecule has 1 N–H and O–H groups in total. The van der Waals surface area contributed by atoms with E-state index in [1.54, 1.807) is 24.1 Å². The quantitative estimate of drug-likeness (QED) is 0.810. The van der Waals surface area contributed by atoms with Gasteiger partial charge in [-0.15, -0.1) is 0 Å². The molecule has 0 radical (unpaired) electrons. The number of nitrogens with zero attached hydrogens (tertiary/aromatic N) is 1. The fraction of sp³-hybridized carbons (Fsp3) is 0.500. The largest absolute Gasteiger partial charge is 0.383 e. The second kappa shape index (κ2) is 6.55. The summed E-state index contributed by atoms with van der Waals surface area (Å²) in [6.45, 7) is 0.986. The van der Waals surface area contributed by atoms with Gasteiger partial charge in [0.15, 0.2) is 0 Å². The van der Waals surface area contributed by atoms with Gasteiger partial charge in [-0.1, -0.05) is 6.07 Å². The summed E-state index contributed by atoms with van der Waals surface area (Å²) in [6.07, 6.45) is 1.98. The Morgan fingerprint density at radius 2 is 2.14 bits per heavy atom. The average molecular weight is 312 g/mol. The predicted octanol–water partition coefficient (Wildman–Crippen LogP) is 0.846. The number of carbonyl (C=O) groups is 1. The highest BCUT2D eigenvalue weighted by atomic mass is 32.2. The highest BCUT2D eigenvalue weighted by Crippen LogP contribution is 2.28. The zero-order valence-electron chi connectivity index (χ0n) is 12.2. The van der Waals surface area contributed by atoms with Crippen LogP contribution in [0.3, 0.4) is 0 Å². The van der Waals surface area contributed by atoms with Crippen molar-refractivity contribution in [3.05, 3.63) is 29.8 Å². The summed E-state index contributed by atoms with van der Waals surface area (Å²) in [5.41, 5.74) is 0.384. The minimum absolute atomic E-state index is 0.0957. The zero-order valence-corrected chi connectivity index (χ0v) is 13.0. The van der Waals surface area contributed by atoms with Crippen LogP contribution in [0, 0.1) is 0 Å². The van der Waals surface area contributed by atoms with Crippen molar-refractivity contribution in [1.29, 1.82) is 0 Å². The maximum absolute atomic E-state index is 12.6. The molecule has 0 aliphatic heterocycles. The van der Waals surface area contributed by atoms with Crippen molar-refractivity contribution in [2.45, 2.75) is 23.8 Å². The number of amides is 1. The Morgan fingerprint density at radius 3 is 2.71 bits per heavy atom. The van der Waals surface area contributed by atoms with Gasteiger partial charge in [0.05, 0.1) is 11.5 Å². The first-order valence-electron chi connectivity index (χ1n) is 6.83. The molecular weight excluding hydrogens is 292 g/mol. The molecule has 7 heteroatoms. The van der Waals surface area contributed by atoms with Crippen LogP contribution < -0.4 is 4.72 Å². The molecule has 0 saturated heterocycles. The van der Waals surface area contributed by atoms with Crippen molar-refractivity contribution in [1.82, 2.24) is 9.62 Å². The summed E-state index contributed by atoms with van der Waals surface area (Å²) in [6, 6.07) is 6.35. The maximum Gasteiger partial charge on any atom is 0.254 e. The lowest BCUT2D eigenvalue weighted by atomic mass is 10.2. The fourth-order valence-electron chi connectivity index (χ4n) is 2.11. The highest BCUT2D eigenvalue weighted by molar-refractivity contribution is 7.89. The molecule has 116 valence electrons. The number of benzene rings is 1. The Morgan fingerprint density at radius 1 is 1.43 bits per heavy atom. The summed E-state index contributed by atoms with van der Waals surface area (Å²) in [7, 11) is -0.608. The van der Waals surface area contributed by atoms with Crippen LogP contribution in [0.25, 0.3) is 0 Å².